The van der Waals surface area contributed by atoms with Gasteiger partial charge in [0, 0.05) is 56.4 Å². The van der Waals surface area contributed by atoms with Crippen molar-refractivity contribution in [3.8, 4) is 0 Å². The maximum atomic E-state index is 13.5. The van der Waals surface area contributed by atoms with Gasteiger partial charge in [-0.15, -0.1) is 0 Å². The summed E-state index contributed by atoms with van der Waals surface area (Å²) >= 11 is 0. The summed E-state index contributed by atoms with van der Waals surface area (Å²) in [5.74, 6) is 1.37. The van der Waals surface area contributed by atoms with Crippen LogP contribution in [-0.2, 0) is 19.9 Å². The van der Waals surface area contributed by atoms with Gasteiger partial charge in [-0.2, -0.15) is 5.10 Å². The van der Waals surface area contributed by atoms with E-state index in [-0.39, 0.29) is 11.9 Å². The van der Waals surface area contributed by atoms with Gasteiger partial charge in [-0.25, -0.2) is 9.97 Å². The van der Waals surface area contributed by atoms with Crippen LogP contribution in [0.15, 0.2) is 18.5 Å². The van der Waals surface area contributed by atoms with Gasteiger partial charge < -0.3 is 9.80 Å². The van der Waals surface area contributed by atoms with Gasteiger partial charge in [-0.3, -0.25) is 9.48 Å². The number of fused-ring (bicyclic) bond motifs is 5. The van der Waals surface area contributed by atoms with Crippen LogP contribution < -0.4 is 4.90 Å². The van der Waals surface area contributed by atoms with Gasteiger partial charge in [0.05, 0.1) is 0 Å². The predicted molar refractivity (Wildman–Crippen MR) is 102 cm³/mol. The molecule has 27 heavy (non-hydrogen) atoms. The number of anilines is 1. The lowest BCUT2D eigenvalue weighted by atomic mass is 9.92. The number of aryl methyl sites for hydroxylation is 1. The summed E-state index contributed by atoms with van der Waals surface area (Å²) in [6.45, 7) is 2.55. The van der Waals surface area contributed by atoms with E-state index in [0.29, 0.717) is 11.6 Å². The fraction of sp³-hybridized carbons (Fsp3) is 0.600. The van der Waals surface area contributed by atoms with Gasteiger partial charge in [0.2, 0.25) is 5.95 Å². The molecule has 6 rings (SSSR count). The quantitative estimate of drug-likeness (QED) is 0.811. The van der Waals surface area contributed by atoms with Crippen LogP contribution in [0.2, 0.25) is 0 Å². The molecule has 2 atom stereocenters. The molecular formula is C20H26N6O. The highest BCUT2D eigenvalue weighted by atomic mass is 16.2. The third kappa shape index (κ3) is 2.89. The molecule has 2 aromatic heterocycles. The van der Waals surface area contributed by atoms with Crippen molar-refractivity contribution in [2.24, 2.45) is 13.0 Å². The van der Waals surface area contributed by atoms with Crippen LogP contribution in [0.4, 0.5) is 5.95 Å². The van der Waals surface area contributed by atoms with Gasteiger partial charge >= 0.3 is 0 Å². The van der Waals surface area contributed by atoms with E-state index in [2.05, 4.69) is 24.9 Å². The van der Waals surface area contributed by atoms with E-state index in [1.54, 1.807) is 12.4 Å². The summed E-state index contributed by atoms with van der Waals surface area (Å²) in [5, 5.41) is 4.65. The molecule has 0 spiro atoms. The molecule has 142 valence electrons. The van der Waals surface area contributed by atoms with Crippen molar-refractivity contribution in [2.45, 2.75) is 44.6 Å². The Labute approximate surface area is 159 Å². The van der Waals surface area contributed by atoms with Crippen LogP contribution in [0, 0.1) is 5.92 Å². The summed E-state index contributed by atoms with van der Waals surface area (Å²) in [5.41, 5.74) is 3.14. The van der Waals surface area contributed by atoms with E-state index < -0.39 is 0 Å². The second kappa shape index (κ2) is 6.62. The minimum absolute atomic E-state index is 0.124. The van der Waals surface area contributed by atoms with Crippen molar-refractivity contribution in [2.75, 3.05) is 24.5 Å². The molecule has 3 saturated heterocycles. The van der Waals surface area contributed by atoms with Crippen LogP contribution in [0.5, 0.6) is 0 Å². The lowest BCUT2D eigenvalue weighted by Crippen LogP contribution is -2.47. The molecule has 5 heterocycles. The Morgan fingerprint density at radius 3 is 2.74 bits per heavy atom. The lowest BCUT2D eigenvalue weighted by molar-refractivity contribution is 0.0584. The molecule has 3 aliphatic heterocycles. The summed E-state index contributed by atoms with van der Waals surface area (Å²) in [6, 6.07) is 2.05. The molecular weight excluding hydrogens is 340 g/mol. The first-order valence-corrected chi connectivity index (χ1v) is 10.1. The zero-order valence-corrected chi connectivity index (χ0v) is 15.8. The zero-order chi connectivity index (χ0) is 18.4. The molecule has 0 N–H and O–H groups in total. The number of rotatable bonds is 2. The first-order valence-electron chi connectivity index (χ1n) is 10.1. The SMILES string of the molecule is Cn1nc(C(=O)N2C[C@H]3CC[C@@H]2CN(c2ncccn2)C3)c2c1CCCC2. The number of carbonyl (C=O) groups is 1. The third-order valence-corrected chi connectivity index (χ3v) is 6.38. The normalized spacial score (nSPS) is 24.6. The lowest BCUT2D eigenvalue weighted by Gasteiger charge is -2.35. The molecule has 7 heteroatoms. The fourth-order valence-corrected chi connectivity index (χ4v) is 5.03. The standard InChI is InChI=1S/C20H26N6O/c1-24-17-6-3-2-5-16(17)18(23-24)19(27)26-12-14-7-8-15(26)13-25(11-14)20-21-9-4-10-22-20/h4,9-10,14-15H,2-3,5-8,11-13H2,1H3/t14-,15+/m0/s1. The second-order valence-corrected chi connectivity index (χ2v) is 8.11. The number of hydrogen-bond acceptors (Lipinski definition) is 5. The summed E-state index contributed by atoms with van der Waals surface area (Å²) < 4.78 is 1.93. The highest BCUT2D eigenvalue weighted by molar-refractivity contribution is 5.94. The molecule has 2 bridgehead atoms. The fourth-order valence-electron chi connectivity index (χ4n) is 5.03. The van der Waals surface area contributed by atoms with E-state index >= 15 is 0 Å². The Bertz CT molecular complexity index is 848. The molecule has 4 aliphatic rings. The zero-order valence-electron chi connectivity index (χ0n) is 15.8. The molecule has 1 aliphatic carbocycles. The van der Waals surface area contributed by atoms with Crippen molar-refractivity contribution < 1.29 is 4.79 Å². The number of nitrogens with zero attached hydrogens (tertiary/aromatic N) is 6. The van der Waals surface area contributed by atoms with Gasteiger partial charge in [-0.05, 0) is 50.5 Å². The number of hydrogen-bond donors (Lipinski definition) is 0. The van der Waals surface area contributed by atoms with Crippen molar-refractivity contribution >= 4 is 11.9 Å². The Hall–Kier alpha value is -2.44. The molecule has 0 unspecified atom stereocenters. The average molecular weight is 366 g/mol. The molecule has 3 fully saturated rings. The maximum Gasteiger partial charge on any atom is 0.274 e. The van der Waals surface area contributed by atoms with Crippen molar-refractivity contribution in [3.63, 3.8) is 0 Å². The maximum absolute atomic E-state index is 13.5. The Morgan fingerprint density at radius 2 is 1.89 bits per heavy atom. The summed E-state index contributed by atoms with van der Waals surface area (Å²) in [6.07, 6.45) is 10.2. The first kappa shape index (κ1) is 16.7. The van der Waals surface area contributed by atoms with Gasteiger partial charge in [0.15, 0.2) is 5.69 Å². The second-order valence-electron chi connectivity index (χ2n) is 8.11. The predicted octanol–water partition coefficient (Wildman–Crippen LogP) is 1.83. The first-order chi connectivity index (χ1) is 13.2. The molecule has 0 aromatic carbocycles. The summed E-state index contributed by atoms with van der Waals surface area (Å²) in [7, 11) is 1.98. The van der Waals surface area contributed by atoms with Gasteiger partial charge in [0.25, 0.3) is 5.91 Å². The Morgan fingerprint density at radius 1 is 1.07 bits per heavy atom. The van der Waals surface area contributed by atoms with E-state index in [4.69, 9.17) is 0 Å². The van der Waals surface area contributed by atoms with Gasteiger partial charge in [0.1, 0.15) is 0 Å². The van der Waals surface area contributed by atoms with Crippen LogP contribution in [-0.4, -0.2) is 56.2 Å². The van der Waals surface area contributed by atoms with Crippen LogP contribution >= 0.6 is 0 Å². The van der Waals surface area contributed by atoms with Crippen molar-refractivity contribution in [3.05, 3.63) is 35.4 Å². The van der Waals surface area contributed by atoms with E-state index in [1.165, 1.54) is 17.7 Å². The highest BCUT2D eigenvalue weighted by Gasteiger charge is 2.39. The van der Waals surface area contributed by atoms with E-state index in [0.717, 1.165) is 57.7 Å². The largest absolute Gasteiger partial charge is 0.338 e. The smallest absolute Gasteiger partial charge is 0.274 e. The van der Waals surface area contributed by atoms with Crippen LogP contribution in [0.1, 0.15) is 47.4 Å². The molecule has 0 radical (unpaired) electrons. The molecule has 7 nitrogen and oxygen atoms in total. The van der Waals surface area contributed by atoms with Crippen LogP contribution in [0.25, 0.3) is 0 Å². The Balaban J connectivity index is 1.42. The molecule has 0 saturated carbocycles. The number of amides is 1. The monoisotopic (exact) mass is 366 g/mol. The third-order valence-electron chi connectivity index (χ3n) is 6.38. The van der Waals surface area contributed by atoms with Gasteiger partial charge in [-0.1, -0.05) is 0 Å². The highest BCUT2D eigenvalue weighted by Crippen LogP contribution is 2.32. The topological polar surface area (TPSA) is 67.2 Å². The molecule has 2 aromatic rings. The average Bonchev–Trinajstić information content (AvgIpc) is 2.87. The van der Waals surface area contributed by atoms with E-state index in [9.17, 15) is 4.79 Å². The minimum Gasteiger partial charge on any atom is -0.338 e. The number of carbonyl (C=O) groups excluding carboxylic acids is 1. The van der Waals surface area contributed by atoms with Crippen molar-refractivity contribution in [1.82, 2.24) is 24.6 Å². The minimum atomic E-state index is 0.124. The van der Waals surface area contributed by atoms with Crippen molar-refractivity contribution in [1.29, 1.82) is 0 Å². The summed E-state index contributed by atoms with van der Waals surface area (Å²) in [4.78, 5) is 26.7. The number of aromatic nitrogens is 4. The van der Waals surface area contributed by atoms with Crippen LogP contribution in [0.3, 0.4) is 0 Å². The molecule has 1 amide bonds. The van der Waals surface area contributed by atoms with E-state index in [1.807, 2.05) is 17.8 Å². The Kier molecular flexibility index (Phi) is 4.10. The number of piperidine rings is 1.